The van der Waals surface area contributed by atoms with E-state index in [0.717, 1.165) is 0 Å². The van der Waals surface area contributed by atoms with Crippen molar-refractivity contribution < 1.29 is 4.79 Å². The summed E-state index contributed by atoms with van der Waals surface area (Å²) in [6, 6.07) is 9.01. The maximum atomic E-state index is 11.7. The van der Waals surface area contributed by atoms with E-state index >= 15 is 0 Å². The van der Waals surface area contributed by atoms with Gasteiger partial charge in [-0.2, -0.15) is 0 Å². The van der Waals surface area contributed by atoms with Crippen LogP contribution in [0.5, 0.6) is 0 Å². The molecule has 1 rings (SSSR count). The molecule has 3 N–H and O–H groups in total. The number of nitrogens with one attached hydrogen (secondary N) is 1. The molecule has 92 valence electrons. The van der Waals surface area contributed by atoms with Crippen molar-refractivity contribution in [2.24, 2.45) is 10.7 Å². The standard InChI is InChI=1S/C12H18N4O/c1-3-16(4-2)12(17)15-11(13)14-10-8-6-5-7-9-10/h5-9H,3-4H2,1-2H3,(H3,13,14,15,17). The highest BCUT2D eigenvalue weighted by atomic mass is 16.2. The molecule has 5 nitrogen and oxygen atoms in total. The van der Waals surface area contributed by atoms with Crippen LogP contribution >= 0.6 is 0 Å². The Balaban J connectivity index is 2.63. The van der Waals surface area contributed by atoms with Crippen LogP contribution in [-0.2, 0) is 0 Å². The zero-order valence-electron chi connectivity index (χ0n) is 10.2. The zero-order chi connectivity index (χ0) is 12.7. The fraction of sp³-hybridized carbons (Fsp3) is 0.333. The van der Waals surface area contributed by atoms with E-state index in [1.54, 1.807) is 4.90 Å². The number of nitrogens with zero attached hydrogens (tertiary/aromatic N) is 2. The molecule has 1 aromatic rings. The molecule has 0 fully saturated rings. The van der Waals surface area contributed by atoms with Gasteiger partial charge in [-0.1, -0.05) is 18.2 Å². The quantitative estimate of drug-likeness (QED) is 0.617. The minimum absolute atomic E-state index is 0.105. The van der Waals surface area contributed by atoms with Gasteiger partial charge in [-0.05, 0) is 26.0 Å². The Morgan fingerprint density at radius 1 is 1.29 bits per heavy atom. The van der Waals surface area contributed by atoms with E-state index in [0.29, 0.717) is 18.8 Å². The van der Waals surface area contributed by atoms with Crippen LogP contribution in [0.2, 0.25) is 0 Å². The number of rotatable bonds is 3. The number of benzene rings is 1. The molecule has 2 amide bonds. The number of para-hydroxylation sites is 1. The number of urea groups is 1. The molecule has 0 aromatic heterocycles. The third-order valence-electron chi connectivity index (χ3n) is 2.29. The second-order valence-corrected chi connectivity index (χ2v) is 3.44. The monoisotopic (exact) mass is 234 g/mol. The predicted molar refractivity (Wildman–Crippen MR) is 69.2 cm³/mol. The van der Waals surface area contributed by atoms with Gasteiger partial charge in [0.15, 0.2) is 0 Å². The number of guanidine groups is 1. The highest BCUT2D eigenvalue weighted by Crippen LogP contribution is 2.08. The molecule has 17 heavy (non-hydrogen) atoms. The van der Waals surface area contributed by atoms with E-state index in [1.165, 1.54) is 0 Å². The molecule has 0 aliphatic rings. The summed E-state index contributed by atoms with van der Waals surface area (Å²) in [5.74, 6) is 0.105. The summed E-state index contributed by atoms with van der Waals surface area (Å²) in [5.41, 5.74) is 6.36. The van der Waals surface area contributed by atoms with E-state index in [1.807, 2.05) is 44.2 Å². The Labute approximate surface area is 101 Å². The van der Waals surface area contributed by atoms with E-state index < -0.39 is 0 Å². The highest BCUT2D eigenvalue weighted by Gasteiger charge is 2.09. The summed E-state index contributed by atoms with van der Waals surface area (Å²) < 4.78 is 0. The number of amides is 2. The second kappa shape index (κ2) is 6.52. The van der Waals surface area contributed by atoms with Crippen molar-refractivity contribution in [1.29, 1.82) is 0 Å². The van der Waals surface area contributed by atoms with E-state index in [4.69, 9.17) is 5.73 Å². The fourth-order valence-electron chi connectivity index (χ4n) is 1.37. The Morgan fingerprint density at radius 2 is 1.88 bits per heavy atom. The summed E-state index contributed by atoms with van der Waals surface area (Å²) >= 11 is 0. The van der Waals surface area contributed by atoms with Crippen molar-refractivity contribution in [3.63, 3.8) is 0 Å². The smallest absolute Gasteiger partial charge is 0.324 e. The van der Waals surface area contributed by atoms with Crippen LogP contribution in [0.15, 0.2) is 35.3 Å². The maximum Gasteiger partial charge on any atom is 0.324 e. The molecular formula is C12H18N4O. The van der Waals surface area contributed by atoms with Crippen LogP contribution in [-0.4, -0.2) is 30.0 Å². The molecule has 0 aliphatic heterocycles. The van der Waals surface area contributed by atoms with Gasteiger partial charge in [-0.25, -0.2) is 9.79 Å². The van der Waals surface area contributed by atoms with Crippen LogP contribution in [0.3, 0.4) is 0 Å². The van der Waals surface area contributed by atoms with Crippen molar-refractivity contribution in [3.05, 3.63) is 30.3 Å². The van der Waals surface area contributed by atoms with E-state index in [2.05, 4.69) is 10.3 Å². The molecule has 0 radical (unpaired) electrons. The Morgan fingerprint density at radius 3 is 2.41 bits per heavy atom. The highest BCUT2D eigenvalue weighted by molar-refractivity contribution is 5.96. The number of hydrogen-bond acceptors (Lipinski definition) is 2. The Bertz CT molecular complexity index is 385. The lowest BCUT2D eigenvalue weighted by molar-refractivity contribution is 0.208. The summed E-state index contributed by atoms with van der Waals surface area (Å²) in [7, 11) is 0. The SMILES string of the molecule is CCN(CC)C(=O)NC(N)=Nc1ccccc1. The molecule has 0 saturated heterocycles. The van der Waals surface area contributed by atoms with Crippen LogP contribution in [0.25, 0.3) is 0 Å². The molecule has 0 bridgehead atoms. The molecule has 0 heterocycles. The third-order valence-corrected chi connectivity index (χ3v) is 2.29. The average molecular weight is 234 g/mol. The number of hydrogen-bond donors (Lipinski definition) is 2. The summed E-state index contributed by atoms with van der Waals surface area (Å²) in [6.45, 7) is 5.10. The average Bonchev–Trinajstić information content (AvgIpc) is 2.31. The van der Waals surface area contributed by atoms with Crippen molar-refractivity contribution in [3.8, 4) is 0 Å². The predicted octanol–water partition coefficient (Wildman–Crippen LogP) is 1.68. The first-order valence-corrected chi connectivity index (χ1v) is 5.62. The van der Waals surface area contributed by atoms with Crippen molar-refractivity contribution >= 4 is 17.7 Å². The third kappa shape index (κ3) is 4.14. The van der Waals surface area contributed by atoms with Gasteiger partial charge in [0.2, 0.25) is 5.96 Å². The molecule has 0 saturated carbocycles. The van der Waals surface area contributed by atoms with Gasteiger partial charge >= 0.3 is 6.03 Å². The molecule has 0 aliphatic carbocycles. The van der Waals surface area contributed by atoms with Gasteiger partial charge in [0.05, 0.1) is 5.69 Å². The van der Waals surface area contributed by atoms with Crippen LogP contribution in [0, 0.1) is 0 Å². The number of aliphatic imine (C=N–C) groups is 1. The van der Waals surface area contributed by atoms with Gasteiger partial charge in [-0.15, -0.1) is 0 Å². The summed E-state index contributed by atoms with van der Waals surface area (Å²) in [6.07, 6.45) is 0. The van der Waals surface area contributed by atoms with Crippen LogP contribution in [0.1, 0.15) is 13.8 Å². The molecule has 5 heteroatoms. The first kappa shape index (κ1) is 13.0. The van der Waals surface area contributed by atoms with Gasteiger partial charge in [-0.3, -0.25) is 5.32 Å². The first-order valence-electron chi connectivity index (χ1n) is 5.62. The van der Waals surface area contributed by atoms with Crippen LogP contribution < -0.4 is 11.1 Å². The molecule has 1 aromatic carbocycles. The maximum absolute atomic E-state index is 11.7. The van der Waals surface area contributed by atoms with Gasteiger partial charge in [0, 0.05) is 13.1 Å². The molecule has 0 unspecified atom stereocenters. The van der Waals surface area contributed by atoms with Gasteiger partial charge in [0.1, 0.15) is 0 Å². The number of carbonyl (C=O) groups is 1. The largest absolute Gasteiger partial charge is 0.369 e. The Kier molecular flexibility index (Phi) is 5.00. The minimum atomic E-state index is -0.229. The summed E-state index contributed by atoms with van der Waals surface area (Å²) in [5, 5.41) is 2.55. The lowest BCUT2D eigenvalue weighted by Crippen LogP contribution is -2.45. The summed E-state index contributed by atoms with van der Waals surface area (Å²) in [4.78, 5) is 17.4. The molecule has 0 spiro atoms. The van der Waals surface area contributed by atoms with Crippen molar-refractivity contribution in [2.75, 3.05) is 13.1 Å². The lowest BCUT2D eigenvalue weighted by Gasteiger charge is -2.18. The number of carbonyl (C=O) groups excluding carboxylic acids is 1. The van der Waals surface area contributed by atoms with E-state index in [9.17, 15) is 4.79 Å². The Hall–Kier alpha value is -2.04. The number of nitrogens with two attached hydrogens (primary N) is 1. The molecule has 0 atom stereocenters. The topological polar surface area (TPSA) is 70.7 Å². The minimum Gasteiger partial charge on any atom is -0.369 e. The second-order valence-electron chi connectivity index (χ2n) is 3.44. The first-order chi connectivity index (χ1) is 8.17. The van der Waals surface area contributed by atoms with E-state index in [-0.39, 0.29) is 12.0 Å². The lowest BCUT2D eigenvalue weighted by atomic mass is 10.3. The normalized spacial score (nSPS) is 11.1. The van der Waals surface area contributed by atoms with Gasteiger partial charge < -0.3 is 10.6 Å². The zero-order valence-corrected chi connectivity index (χ0v) is 10.2. The van der Waals surface area contributed by atoms with Crippen molar-refractivity contribution in [2.45, 2.75) is 13.8 Å². The van der Waals surface area contributed by atoms with Crippen molar-refractivity contribution in [1.82, 2.24) is 10.2 Å². The van der Waals surface area contributed by atoms with Gasteiger partial charge in [0.25, 0.3) is 0 Å². The molecular weight excluding hydrogens is 216 g/mol. The van der Waals surface area contributed by atoms with Crippen LogP contribution in [0.4, 0.5) is 10.5 Å². The fourth-order valence-corrected chi connectivity index (χ4v) is 1.37.